The van der Waals surface area contributed by atoms with Gasteiger partial charge in [0.15, 0.2) is 8.32 Å². The molecule has 0 unspecified atom stereocenters. The van der Waals surface area contributed by atoms with Gasteiger partial charge in [0.2, 0.25) is 0 Å². The van der Waals surface area contributed by atoms with Crippen molar-refractivity contribution in [3.05, 3.63) is 33.8 Å². The topological polar surface area (TPSA) is 9.23 Å². The lowest BCUT2D eigenvalue weighted by Gasteiger charge is -2.36. The van der Waals surface area contributed by atoms with Crippen LogP contribution in [0.4, 0.5) is 0 Å². The van der Waals surface area contributed by atoms with Crippen LogP contribution in [-0.4, -0.2) is 14.9 Å². The first kappa shape index (κ1) is 16.9. The van der Waals surface area contributed by atoms with Gasteiger partial charge in [-0.25, -0.2) is 0 Å². The van der Waals surface area contributed by atoms with E-state index in [1.807, 2.05) is 0 Å². The molecule has 0 radical (unpaired) electrons. The first-order valence-corrected chi connectivity index (χ1v) is 10.8. The molecule has 0 aliphatic rings. The lowest BCUT2D eigenvalue weighted by atomic mass is 10.0. The third-order valence-electron chi connectivity index (χ3n) is 4.19. The normalized spacial score (nSPS) is 12.8. The van der Waals surface area contributed by atoms with Crippen LogP contribution < -0.4 is 0 Å². The van der Waals surface area contributed by atoms with Crippen LogP contribution in [0.1, 0.15) is 38.8 Å². The molecule has 1 aromatic rings. The monoisotopic (exact) mass is 342 g/mol. The molecule has 0 heterocycles. The summed E-state index contributed by atoms with van der Waals surface area (Å²) in [6, 6.07) is 6.57. The van der Waals surface area contributed by atoms with E-state index in [-0.39, 0.29) is 0 Å². The molecule has 0 aliphatic heterocycles. The zero-order valence-electron chi connectivity index (χ0n) is 13.1. The van der Waals surface area contributed by atoms with E-state index in [0.717, 1.165) is 19.4 Å². The van der Waals surface area contributed by atoms with Gasteiger partial charge in [0.1, 0.15) is 0 Å². The van der Waals surface area contributed by atoms with Crippen molar-refractivity contribution in [1.82, 2.24) is 0 Å². The van der Waals surface area contributed by atoms with Crippen LogP contribution in [0.25, 0.3) is 0 Å². The average molecular weight is 343 g/mol. The van der Waals surface area contributed by atoms with Crippen LogP contribution in [0.3, 0.4) is 0 Å². The molecule has 19 heavy (non-hydrogen) atoms. The molecule has 0 amide bonds. The van der Waals surface area contributed by atoms with E-state index in [1.54, 1.807) is 0 Å². The lowest BCUT2D eigenvalue weighted by molar-refractivity contribution is 0.291. The smallest absolute Gasteiger partial charge is 0.191 e. The van der Waals surface area contributed by atoms with Gasteiger partial charge in [0, 0.05) is 11.1 Å². The highest BCUT2D eigenvalue weighted by molar-refractivity contribution is 9.10. The van der Waals surface area contributed by atoms with Crippen LogP contribution >= 0.6 is 15.9 Å². The molecule has 0 saturated carbocycles. The molecular formula is C16H27BrOSi. The van der Waals surface area contributed by atoms with Crippen molar-refractivity contribution in [1.29, 1.82) is 0 Å². The van der Waals surface area contributed by atoms with Crippen LogP contribution in [-0.2, 0) is 17.3 Å². The summed E-state index contributed by atoms with van der Waals surface area (Å²) in [5.74, 6) is 0. The molecule has 0 atom stereocenters. The predicted octanol–water partition coefficient (Wildman–Crippen LogP) is 5.58. The predicted molar refractivity (Wildman–Crippen MR) is 90.4 cm³/mol. The minimum Gasteiger partial charge on any atom is -0.416 e. The number of halogens is 1. The Morgan fingerprint density at radius 3 is 2.32 bits per heavy atom. The second kappa shape index (κ2) is 6.55. The van der Waals surface area contributed by atoms with Gasteiger partial charge in [-0.1, -0.05) is 49.7 Å². The second-order valence-electron chi connectivity index (χ2n) is 6.63. The average Bonchev–Trinajstić information content (AvgIpc) is 2.29. The number of benzene rings is 1. The van der Waals surface area contributed by atoms with Crippen molar-refractivity contribution in [2.24, 2.45) is 0 Å². The van der Waals surface area contributed by atoms with E-state index >= 15 is 0 Å². The fraction of sp³-hybridized carbons (Fsp3) is 0.625. The maximum Gasteiger partial charge on any atom is 0.191 e. The Hall–Kier alpha value is -0.123. The number of rotatable bonds is 5. The molecule has 0 saturated heterocycles. The summed E-state index contributed by atoms with van der Waals surface area (Å²) in [5.41, 5.74) is 2.85. The largest absolute Gasteiger partial charge is 0.416 e. The standard InChI is InChI=1S/C16H27BrOSi/c1-7-13-12-15(17)9-8-14(13)10-11-18-19(5,6)16(2,3)4/h8-9,12H,7,10-11H2,1-6H3. The van der Waals surface area contributed by atoms with Crippen molar-refractivity contribution in [2.75, 3.05) is 6.61 Å². The molecule has 3 heteroatoms. The van der Waals surface area contributed by atoms with E-state index in [4.69, 9.17) is 4.43 Å². The summed E-state index contributed by atoms with van der Waals surface area (Å²) in [5, 5.41) is 0.292. The Labute approximate surface area is 128 Å². The van der Waals surface area contributed by atoms with Crippen LogP contribution in [0.15, 0.2) is 22.7 Å². The Morgan fingerprint density at radius 1 is 1.16 bits per heavy atom. The molecule has 1 rings (SSSR count). The minimum absolute atomic E-state index is 0.292. The van der Waals surface area contributed by atoms with Crippen LogP contribution in [0, 0.1) is 0 Å². The highest BCUT2D eigenvalue weighted by Gasteiger charge is 2.36. The first-order valence-electron chi connectivity index (χ1n) is 7.08. The van der Waals surface area contributed by atoms with Gasteiger partial charge in [0.25, 0.3) is 0 Å². The fourth-order valence-corrected chi connectivity index (χ4v) is 3.25. The van der Waals surface area contributed by atoms with E-state index in [1.165, 1.54) is 15.6 Å². The molecule has 1 nitrogen and oxygen atoms in total. The van der Waals surface area contributed by atoms with Crippen molar-refractivity contribution in [3.8, 4) is 0 Å². The van der Waals surface area contributed by atoms with Gasteiger partial charge in [-0.15, -0.1) is 0 Å². The molecule has 0 N–H and O–H groups in total. The highest BCUT2D eigenvalue weighted by atomic mass is 79.9. The molecule has 0 fully saturated rings. The summed E-state index contributed by atoms with van der Waals surface area (Å²) in [6.45, 7) is 14.5. The van der Waals surface area contributed by atoms with Crippen molar-refractivity contribution < 1.29 is 4.43 Å². The molecule has 0 aromatic heterocycles. The van der Waals surface area contributed by atoms with Crippen LogP contribution in [0.2, 0.25) is 18.1 Å². The SMILES string of the molecule is CCc1cc(Br)ccc1CCO[Si](C)(C)C(C)(C)C. The van der Waals surface area contributed by atoms with Crippen LogP contribution in [0.5, 0.6) is 0 Å². The van der Waals surface area contributed by atoms with Gasteiger partial charge >= 0.3 is 0 Å². The third kappa shape index (κ3) is 4.73. The summed E-state index contributed by atoms with van der Waals surface area (Å²) < 4.78 is 7.42. The zero-order chi connectivity index (χ0) is 14.7. The Balaban J connectivity index is 2.64. The maximum atomic E-state index is 6.25. The summed E-state index contributed by atoms with van der Waals surface area (Å²) in [6.07, 6.45) is 2.10. The summed E-state index contributed by atoms with van der Waals surface area (Å²) >= 11 is 3.54. The van der Waals surface area contributed by atoms with Crippen molar-refractivity contribution in [3.63, 3.8) is 0 Å². The quantitative estimate of drug-likeness (QED) is 0.635. The lowest BCUT2D eigenvalue weighted by Crippen LogP contribution is -2.41. The first-order chi connectivity index (χ1) is 8.67. The number of hydrogen-bond acceptors (Lipinski definition) is 1. The summed E-state index contributed by atoms with van der Waals surface area (Å²) in [4.78, 5) is 0. The minimum atomic E-state index is -1.61. The van der Waals surface area contributed by atoms with Gasteiger partial charge < -0.3 is 4.43 Å². The highest BCUT2D eigenvalue weighted by Crippen LogP contribution is 2.36. The van der Waals surface area contributed by atoms with Gasteiger partial charge in [-0.2, -0.15) is 0 Å². The van der Waals surface area contributed by atoms with E-state index < -0.39 is 8.32 Å². The number of aryl methyl sites for hydroxylation is 1. The van der Waals surface area contributed by atoms with Gasteiger partial charge in [-0.05, 0) is 54.2 Å². The van der Waals surface area contributed by atoms with Crippen molar-refractivity contribution >= 4 is 24.2 Å². The fourth-order valence-electron chi connectivity index (χ4n) is 1.80. The van der Waals surface area contributed by atoms with Gasteiger partial charge in [0.05, 0.1) is 0 Å². The maximum absolute atomic E-state index is 6.25. The van der Waals surface area contributed by atoms with E-state index in [9.17, 15) is 0 Å². The number of hydrogen-bond donors (Lipinski definition) is 0. The Kier molecular flexibility index (Phi) is 5.84. The van der Waals surface area contributed by atoms with E-state index in [0.29, 0.717) is 5.04 Å². The molecule has 0 spiro atoms. The molecule has 0 bridgehead atoms. The molecular weight excluding hydrogens is 316 g/mol. The Morgan fingerprint density at radius 2 is 1.79 bits per heavy atom. The zero-order valence-corrected chi connectivity index (χ0v) is 15.7. The Bertz CT molecular complexity index is 421. The third-order valence-corrected chi connectivity index (χ3v) is 9.22. The molecule has 1 aromatic carbocycles. The molecule has 0 aliphatic carbocycles. The molecule has 108 valence electrons. The van der Waals surface area contributed by atoms with Crippen molar-refractivity contribution in [2.45, 2.75) is 58.7 Å². The van der Waals surface area contributed by atoms with Gasteiger partial charge in [-0.3, -0.25) is 0 Å². The second-order valence-corrected chi connectivity index (χ2v) is 12.4. The summed E-state index contributed by atoms with van der Waals surface area (Å²) in [7, 11) is -1.61. The van der Waals surface area contributed by atoms with E-state index in [2.05, 4.69) is 74.9 Å².